The fourth-order valence-corrected chi connectivity index (χ4v) is 1.50. The Bertz CT molecular complexity index is 169. The molecule has 3 nitrogen and oxygen atoms in total. The summed E-state index contributed by atoms with van der Waals surface area (Å²) in [6, 6.07) is 0.493. The number of hydrogen-bond acceptors (Lipinski definition) is 2. The maximum absolute atomic E-state index is 11.4. The molecule has 0 aliphatic carbocycles. The number of amides is 1. The second-order valence-corrected chi connectivity index (χ2v) is 3.54. The molecule has 1 aliphatic heterocycles. The number of piperazine rings is 1. The number of nitrogens with zero attached hydrogens (tertiary/aromatic N) is 2. The van der Waals surface area contributed by atoms with Gasteiger partial charge in [0.15, 0.2) is 0 Å². The maximum atomic E-state index is 11.4. The van der Waals surface area contributed by atoms with Gasteiger partial charge >= 0.3 is 0 Å². The molecule has 0 saturated carbocycles. The fourth-order valence-electron chi connectivity index (χ4n) is 1.50. The summed E-state index contributed by atoms with van der Waals surface area (Å²) < 4.78 is 0. The summed E-state index contributed by atoms with van der Waals surface area (Å²) in [4.78, 5) is 15.6. The molecule has 14 heavy (non-hydrogen) atoms. The average Bonchev–Trinajstić information content (AvgIpc) is 2.20. The molecular weight excluding hydrogens is 176 g/mol. The van der Waals surface area contributed by atoms with Gasteiger partial charge in [0, 0.05) is 25.7 Å². The Morgan fingerprint density at radius 3 is 2.21 bits per heavy atom. The van der Waals surface area contributed by atoms with E-state index in [0.717, 1.165) is 19.6 Å². The Morgan fingerprint density at radius 1 is 1.29 bits per heavy atom. The van der Waals surface area contributed by atoms with Crippen LogP contribution in [0.3, 0.4) is 0 Å². The zero-order chi connectivity index (χ0) is 11.1. The first-order valence-corrected chi connectivity index (χ1v) is 5.67. The first kappa shape index (κ1) is 13.4. The topological polar surface area (TPSA) is 23.6 Å². The van der Waals surface area contributed by atoms with Crippen LogP contribution < -0.4 is 0 Å². The van der Waals surface area contributed by atoms with Crippen molar-refractivity contribution in [3.8, 4) is 0 Å². The molecule has 1 amide bonds. The van der Waals surface area contributed by atoms with Gasteiger partial charge in [-0.3, -0.25) is 9.69 Å². The van der Waals surface area contributed by atoms with Gasteiger partial charge in [-0.25, -0.2) is 0 Å². The molecule has 1 fully saturated rings. The SMILES string of the molecule is CC.CCN1CCN(C(C)C)CC1=O. The summed E-state index contributed by atoms with van der Waals surface area (Å²) in [7, 11) is 0. The highest BCUT2D eigenvalue weighted by molar-refractivity contribution is 5.79. The molecule has 84 valence electrons. The third-order valence-corrected chi connectivity index (χ3v) is 2.46. The summed E-state index contributed by atoms with van der Waals surface area (Å²) >= 11 is 0. The second-order valence-electron chi connectivity index (χ2n) is 3.54. The smallest absolute Gasteiger partial charge is 0.236 e. The fraction of sp³-hybridized carbons (Fsp3) is 0.909. The van der Waals surface area contributed by atoms with E-state index in [0.29, 0.717) is 12.6 Å². The lowest BCUT2D eigenvalue weighted by atomic mass is 10.2. The van der Waals surface area contributed by atoms with Crippen molar-refractivity contribution in [2.75, 3.05) is 26.2 Å². The molecule has 0 radical (unpaired) electrons. The van der Waals surface area contributed by atoms with Crippen molar-refractivity contribution in [2.24, 2.45) is 0 Å². The summed E-state index contributed by atoms with van der Waals surface area (Å²) in [5.74, 6) is 0.275. The van der Waals surface area contributed by atoms with Crippen LogP contribution in [0.2, 0.25) is 0 Å². The molecule has 1 aliphatic rings. The van der Waals surface area contributed by atoms with E-state index in [-0.39, 0.29) is 5.91 Å². The molecule has 3 heteroatoms. The summed E-state index contributed by atoms with van der Waals surface area (Å²) in [6.07, 6.45) is 0. The lowest BCUT2D eigenvalue weighted by molar-refractivity contribution is -0.136. The zero-order valence-electron chi connectivity index (χ0n) is 10.2. The van der Waals surface area contributed by atoms with Gasteiger partial charge in [-0.1, -0.05) is 13.8 Å². The number of carbonyl (C=O) groups is 1. The van der Waals surface area contributed by atoms with Gasteiger partial charge in [0.2, 0.25) is 5.91 Å². The highest BCUT2D eigenvalue weighted by Crippen LogP contribution is 2.06. The monoisotopic (exact) mass is 200 g/mol. The van der Waals surface area contributed by atoms with E-state index in [2.05, 4.69) is 18.7 Å². The first-order valence-electron chi connectivity index (χ1n) is 5.67. The molecule has 0 N–H and O–H groups in total. The van der Waals surface area contributed by atoms with Crippen LogP contribution in [0.5, 0.6) is 0 Å². The largest absolute Gasteiger partial charge is 0.341 e. The van der Waals surface area contributed by atoms with Gasteiger partial charge in [0.25, 0.3) is 0 Å². The van der Waals surface area contributed by atoms with E-state index in [9.17, 15) is 4.79 Å². The average molecular weight is 200 g/mol. The predicted octanol–water partition coefficient (Wildman–Crippen LogP) is 1.59. The van der Waals surface area contributed by atoms with Crippen LogP contribution in [0.1, 0.15) is 34.6 Å². The summed E-state index contributed by atoms with van der Waals surface area (Å²) in [6.45, 7) is 13.7. The lowest BCUT2D eigenvalue weighted by Gasteiger charge is -2.35. The number of carbonyl (C=O) groups excluding carboxylic acids is 1. The molecule has 0 aromatic heterocycles. The van der Waals surface area contributed by atoms with Gasteiger partial charge < -0.3 is 4.90 Å². The van der Waals surface area contributed by atoms with E-state index in [1.165, 1.54) is 0 Å². The van der Waals surface area contributed by atoms with Crippen molar-refractivity contribution in [1.29, 1.82) is 0 Å². The maximum Gasteiger partial charge on any atom is 0.236 e. The van der Waals surface area contributed by atoms with E-state index in [1.54, 1.807) is 0 Å². The van der Waals surface area contributed by atoms with Crippen molar-refractivity contribution in [2.45, 2.75) is 40.7 Å². The molecule has 0 bridgehead atoms. The number of rotatable bonds is 2. The van der Waals surface area contributed by atoms with Crippen molar-refractivity contribution in [3.05, 3.63) is 0 Å². The van der Waals surface area contributed by atoms with Gasteiger partial charge in [-0.15, -0.1) is 0 Å². The number of hydrogen-bond donors (Lipinski definition) is 0. The molecule has 0 unspecified atom stereocenters. The summed E-state index contributed by atoms with van der Waals surface area (Å²) in [5.41, 5.74) is 0. The van der Waals surface area contributed by atoms with Gasteiger partial charge in [-0.2, -0.15) is 0 Å². The van der Waals surface area contributed by atoms with Crippen molar-refractivity contribution in [3.63, 3.8) is 0 Å². The molecular formula is C11H24N2O. The predicted molar refractivity (Wildman–Crippen MR) is 60.3 cm³/mol. The Hall–Kier alpha value is -0.570. The normalized spacial score (nSPS) is 18.1. The van der Waals surface area contributed by atoms with Crippen LogP contribution in [0, 0.1) is 0 Å². The van der Waals surface area contributed by atoms with Crippen LogP contribution in [0.4, 0.5) is 0 Å². The van der Waals surface area contributed by atoms with Crippen LogP contribution in [0.15, 0.2) is 0 Å². The van der Waals surface area contributed by atoms with Gasteiger partial charge in [0.05, 0.1) is 6.54 Å². The third-order valence-electron chi connectivity index (χ3n) is 2.46. The van der Waals surface area contributed by atoms with Crippen molar-refractivity contribution >= 4 is 5.91 Å². The van der Waals surface area contributed by atoms with Crippen molar-refractivity contribution < 1.29 is 4.79 Å². The highest BCUT2D eigenvalue weighted by atomic mass is 16.2. The van der Waals surface area contributed by atoms with Gasteiger partial charge in [-0.05, 0) is 20.8 Å². The highest BCUT2D eigenvalue weighted by Gasteiger charge is 2.23. The van der Waals surface area contributed by atoms with Crippen LogP contribution in [-0.2, 0) is 4.79 Å². The van der Waals surface area contributed by atoms with Crippen LogP contribution in [-0.4, -0.2) is 47.9 Å². The Kier molecular flexibility index (Phi) is 6.54. The Morgan fingerprint density at radius 2 is 1.86 bits per heavy atom. The third kappa shape index (κ3) is 3.66. The minimum absolute atomic E-state index is 0.275. The minimum Gasteiger partial charge on any atom is -0.341 e. The standard InChI is InChI=1S/C9H18N2O.C2H6/c1-4-10-5-6-11(8(2)3)7-9(10)12;1-2/h8H,4-7H2,1-3H3;1-2H3. The molecule has 0 atom stereocenters. The van der Waals surface area contributed by atoms with Crippen molar-refractivity contribution in [1.82, 2.24) is 9.80 Å². The van der Waals surface area contributed by atoms with E-state index in [1.807, 2.05) is 25.7 Å². The lowest BCUT2D eigenvalue weighted by Crippen LogP contribution is -2.52. The molecule has 1 rings (SSSR count). The molecule has 1 saturated heterocycles. The zero-order valence-corrected chi connectivity index (χ0v) is 10.2. The molecule has 0 aromatic rings. The second kappa shape index (κ2) is 6.82. The minimum atomic E-state index is 0.275. The van der Waals surface area contributed by atoms with E-state index >= 15 is 0 Å². The first-order chi connectivity index (χ1) is 6.65. The van der Waals surface area contributed by atoms with Gasteiger partial charge in [0.1, 0.15) is 0 Å². The molecule has 0 aromatic carbocycles. The number of likely N-dealkylation sites (N-methyl/N-ethyl adjacent to an activating group) is 1. The van der Waals surface area contributed by atoms with E-state index < -0.39 is 0 Å². The van der Waals surface area contributed by atoms with E-state index in [4.69, 9.17) is 0 Å². The Balaban J connectivity index is 0.000000791. The Labute approximate surface area is 88.1 Å². The quantitative estimate of drug-likeness (QED) is 0.676. The molecule has 1 heterocycles. The molecule has 0 spiro atoms. The van der Waals surface area contributed by atoms with Crippen LogP contribution in [0.25, 0.3) is 0 Å². The van der Waals surface area contributed by atoms with Crippen LogP contribution >= 0.6 is 0 Å². The summed E-state index contributed by atoms with van der Waals surface area (Å²) in [5, 5.41) is 0.